The number of sulfonamides is 1. The summed E-state index contributed by atoms with van der Waals surface area (Å²) in [5.41, 5.74) is 1.18. The summed E-state index contributed by atoms with van der Waals surface area (Å²) in [6.07, 6.45) is 1.05. The van der Waals surface area contributed by atoms with Gasteiger partial charge in [-0.3, -0.25) is 0 Å². The zero-order valence-electron chi connectivity index (χ0n) is 12.3. The van der Waals surface area contributed by atoms with E-state index in [2.05, 4.69) is 23.9 Å². The predicted molar refractivity (Wildman–Crippen MR) is 86.1 cm³/mol. The van der Waals surface area contributed by atoms with E-state index in [0.717, 1.165) is 13.0 Å². The van der Waals surface area contributed by atoms with Crippen molar-refractivity contribution in [1.82, 2.24) is 10.0 Å². The van der Waals surface area contributed by atoms with E-state index in [1.165, 1.54) is 5.56 Å². The van der Waals surface area contributed by atoms with Gasteiger partial charge in [-0.05, 0) is 36.6 Å². The number of hydrogen-bond acceptors (Lipinski definition) is 3. The number of likely N-dealkylation sites (N-methyl/N-ethyl adjacent to an activating group) is 1. The van der Waals surface area contributed by atoms with Crippen molar-refractivity contribution in [2.75, 3.05) is 19.6 Å². The highest BCUT2D eigenvalue weighted by Crippen LogP contribution is 2.20. The van der Waals surface area contributed by atoms with E-state index in [-0.39, 0.29) is 12.4 Å². The second kappa shape index (κ2) is 9.34. The monoisotopic (exact) mass is 320 g/mol. The largest absolute Gasteiger partial charge is 0.316 e. The molecule has 1 aromatic rings. The van der Waals surface area contributed by atoms with Gasteiger partial charge in [-0.2, -0.15) is 0 Å². The maximum absolute atomic E-state index is 12.0. The van der Waals surface area contributed by atoms with Crippen LogP contribution in [0.5, 0.6) is 0 Å². The fourth-order valence-electron chi connectivity index (χ4n) is 1.75. The number of benzene rings is 1. The van der Waals surface area contributed by atoms with E-state index in [0.29, 0.717) is 23.9 Å². The minimum Gasteiger partial charge on any atom is -0.316 e. The Hall–Kier alpha value is -0.620. The quantitative estimate of drug-likeness (QED) is 0.724. The summed E-state index contributed by atoms with van der Waals surface area (Å²) in [4.78, 5) is 0.330. The SMILES string of the molecule is CCNCCNS(=O)(=O)c1ccc(C(C)CC)cc1.Cl. The first kappa shape index (κ1) is 19.4. The number of halogens is 1. The molecule has 0 aromatic heterocycles. The molecule has 4 nitrogen and oxygen atoms in total. The molecule has 116 valence electrons. The second-order valence-corrected chi connectivity index (χ2v) is 6.40. The summed E-state index contributed by atoms with van der Waals surface area (Å²) in [7, 11) is -3.38. The van der Waals surface area contributed by atoms with Crippen LogP contribution >= 0.6 is 12.4 Å². The van der Waals surface area contributed by atoms with Crippen LogP contribution in [0, 0.1) is 0 Å². The van der Waals surface area contributed by atoms with Gasteiger partial charge in [0.1, 0.15) is 0 Å². The highest BCUT2D eigenvalue weighted by atomic mass is 35.5. The standard InChI is InChI=1S/C14H24N2O2S.ClH/c1-4-12(3)13-6-8-14(9-7-13)19(17,18)16-11-10-15-5-2;/h6-9,12,15-16H,4-5,10-11H2,1-3H3;1H. The van der Waals surface area contributed by atoms with Crippen molar-refractivity contribution in [2.45, 2.75) is 38.0 Å². The van der Waals surface area contributed by atoms with E-state index in [1.807, 2.05) is 19.1 Å². The van der Waals surface area contributed by atoms with Gasteiger partial charge in [0.15, 0.2) is 0 Å². The molecular formula is C14H25ClN2O2S. The van der Waals surface area contributed by atoms with Crippen LogP contribution in [-0.2, 0) is 10.0 Å². The smallest absolute Gasteiger partial charge is 0.240 e. The second-order valence-electron chi connectivity index (χ2n) is 4.63. The van der Waals surface area contributed by atoms with Crippen molar-refractivity contribution >= 4 is 22.4 Å². The molecule has 0 saturated heterocycles. The molecule has 0 spiro atoms. The van der Waals surface area contributed by atoms with Gasteiger partial charge in [0.25, 0.3) is 0 Å². The summed E-state index contributed by atoms with van der Waals surface area (Å²) >= 11 is 0. The zero-order chi connectivity index (χ0) is 14.3. The van der Waals surface area contributed by atoms with Crippen LogP contribution in [-0.4, -0.2) is 28.1 Å². The van der Waals surface area contributed by atoms with E-state index in [9.17, 15) is 8.42 Å². The number of nitrogens with one attached hydrogen (secondary N) is 2. The van der Waals surface area contributed by atoms with E-state index >= 15 is 0 Å². The molecule has 0 radical (unpaired) electrons. The first-order chi connectivity index (χ1) is 9.01. The van der Waals surface area contributed by atoms with Gasteiger partial charge in [-0.25, -0.2) is 13.1 Å². The molecule has 1 atom stereocenters. The lowest BCUT2D eigenvalue weighted by molar-refractivity contribution is 0.577. The van der Waals surface area contributed by atoms with Gasteiger partial charge >= 0.3 is 0 Å². The van der Waals surface area contributed by atoms with Crippen molar-refractivity contribution in [1.29, 1.82) is 0 Å². The minimum absolute atomic E-state index is 0. The third-order valence-electron chi connectivity index (χ3n) is 3.22. The van der Waals surface area contributed by atoms with Crippen LogP contribution in [0.1, 0.15) is 38.7 Å². The van der Waals surface area contributed by atoms with Crippen LogP contribution in [0.2, 0.25) is 0 Å². The Morgan fingerprint density at radius 2 is 1.70 bits per heavy atom. The Morgan fingerprint density at radius 3 is 2.20 bits per heavy atom. The maximum atomic E-state index is 12.0. The van der Waals surface area contributed by atoms with Crippen LogP contribution in [0.25, 0.3) is 0 Å². The Kier molecular flexibility index (Phi) is 9.05. The summed E-state index contributed by atoms with van der Waals surface area (Å²) in [5, 5.41) is 3.08. The number of hydrogen-bond donors (Lipinski definition) is 2. The predicted octanol–water partition coefficient (Wildman–Crippen LogP) is 2.51. The molecular weight excluding hydrogens is 296 g/mol. The summed E-state index contributed by atoms with van der Waals surface area (Å²) in [6, 6.07) is 7.15. The van der Waals surface area contributed by atoms with Crippen LogP contribution in [0.4, 0.5) is 0 Å². The van der Waals surface area contributed by atoms with Crippen LogP contribution in [0.15, 0.2) is 29.2 Å². The lowest BCUT2D eigenvalue weighted by atomic mass is 9.99. The van der Waals surface area contributed by atoms with Gasteiger partial charge < -0.3 is 5.32 Å². The molecule has 1 rings (SSSR count). The highest BCUT2D eigenvalue weighted by molar-refractivity contribution is 7.89. The first-order valence-corrected chi connectivity index (χ1v) is 8.30. The molecule has 1 aromatic carbocycles. The molecule has 0 saturated carbocycles. The molecule has 0 heterocycles. The van der Waals surface area contributed by atoms with Gasteiger partial charge in [0.2, 0.25) is 10.0 Å². The normalized spacial score (nSPS) is 12.8. The van der Waals surface area contributed by atoms with Gasteiger partial charge in [-0.1, -0.05) is 32.9 Å². The van der Waals surface area contributed by atoms with Gasteiger partial charge in [0.05, 0.1) is 4.90 Å². The zero-order valence-corrected chi connectivity index (χ0v) is 14.0. The Morgan fingerprint density at radius 1 is 1.10 bits per heavy atom. The molecule has 0 fully saturated rings. The van der Waals surface area contributed by atoms with Crippen LogP contribution in [0.3, 0.4) is 0 Å². The third kappa shape index (κ3) is 5.79. The Labute approximate surface area is 128 Å². The van der Waals surface area contributed by atoms with Crippen molar-refractivity contribution in [3.8, 4) is 0 Å². The van der Waals surface area contributed by atoms with Gasteiger partial charge in [-0.15, -0.1) is 12.4 Å². The lowest BCUT2D eigenvalue weighted by Crippen LogP contribution is -2.31. The summed E-state index contributed by atoms with van der Waals surface area (Å²) in [6.45, 7) is 8.13. The average molecular weight is 321 g/mol. The first-order valence-electron chi connectivity index (χ1n) is 6.81. The molecule has 0 amide bonds. The molecule has 0 aliphatic heterocycles. The topological polar surface area (TPSA) is 58.2 Å². The van der Waals surface area contributed by atoms with E-state index in [1.54, 1.807) is 12.1 Å². The molecule has 0 aliphatic rings. The van der Waals surface area contributed by atoms with E-state index < -0.39 is 10.0 Å². The highest BCUT2D eigenvalue weighted by Gasteiger charge is 2.13. The Balaban J connectivity index is 0.00000361. The van der Waals surface area contributed by atoms with Crippen LogP contribution < -0.4 is 10.0 Å². The third-order valence-corrected chi connectivity index (χ3v) is 4.69. The van der Waals surface area contributed by atoms with Crippen molar-refractivity contribution in [3.05, 3.63) is 29.8 Å². The average Bonchev–Trinajstić information content (AvgIpc) is 2.43. The Bertz CT molecular complexity index is 474. The molecule has 20 heavy (non-hydrogen) atoms. The fraction of sp³-hybridized carbons (Fsp3) is 0.571. The molecule has 0 bridgehead atoms. The fourth-order valence-corrected chi connectivity index (χ4v) is 2.78. The van der Waals surface area contributed by atoms with E-state index in [4.69, 9.17) is 0 Å². The maximum Gasteiger partial charge on any atom is 0.240 e. The molecule has 2 N–H and O–H groups in total. The van der Waals surface area contributed by atoms with Crippen molar-refractivity contribution < 1.29 is 8.42 Å². The lowest BCUT2D eigenvalue weighted by Gasteiger charge is -2.11. The summed E-state index contributed by atoms with van der Waals surface area (Å²) < 4.78 is 26.6. The van der Waals surface area contributed by atoms with Crippen molar-refractivity contribution in [3.63, 3.8) is 0 Å². The number of rotatable bonds is 8. The minimum atomic E-state index is -3.38. The van der Waals surface area contributed by atoms with Gasteiger partial charge in [0, 0.05) is 13.1 Å². The molecule has 6 heteroatoms. The summed E-state index contributed by atoms with van der Waals surface area (Å²) in [5.74, 6) is 0.457. The van der Waals surface area contributed by atoms with Crippen molar-refractivity contribution in [2.24, 2.45) is 0 Å². The molecule has 0 aliphatic carbocycles. The molecule has 1 unspecified atom stereocenters.